The van der Waals surface area contributed by atoms with Crippen LogP contribution in [0.15, 0.2) is 53.4 Å². The molecular weight excluding hydrogens is 334 g/mol. The topological polar surface area (TPSA) is 54.5 Å². The average Bonchev–Trinajstić information content (AvgIpc) is 2.62. The van der Waals surface area contributed by atoms with Crippen molar-refractivity contribution in [2.24, 2.45) is 5.92 Å². The minimum atomic E-state index is -3.55. The zero-order valence-electron chi connectivity index (χ0n) is 14.6. The zero-order valence-corrected chi connectivity index (χ0v) is 15.4. The van der Waals surface area contributed by atoms with Gasteiger partial charge in [0.15, 0.2) is 5.78 Å². The Balaban J connectivity index is 1.79. The summed E-state index contributed by atoms with van der Waals surface area (Å²) >= 11 is 0. The second kappa shape index (κ2) is 7.10. The lowest BCUT2D eigenvalue weighted by Gasteiger charge is -2.31. The number of carbonyl (C=O) groups excluding carboxylic acids is 1. The molecule has 0 aromatic heterocycles. The van der Waals surface area contributed by atoms with Gasteiger partial charge in [0.25, 0.3) is 0 Å². The summed E-state index contributed by atoms with van der Waals surface area (Å²) in [7, 11) is -3.55. The maximum absolute atomic E-state index is 12.9. The molecule has 3 rings (SSSR count). The number of sulfonamides is 1. The number of Topliss-reactive ketones (excluding diaryl/α,β-unsaturated/α-hetero) is 1. The van der Waals surface area contributed by atoms with Crippen LogP contribution in [0.4, 0.5) is 0 Å². The third-order valence-corrected chi connectivity index (χ3v) is 6.63. The van der Waals surface area contributed by atoms with Gasteiger partial charge < -0.3 is 0 Å². The highest BCUT2D eigenvalue weighted by atomic mass is 32.2. The van der Waals surface area contributed by atoms with E-state index in [2.05, 4.69) is 0 Å². The lowest BCUT2D eigenvalue weighted by molar-refractivity contribution is 0.0872. The molecule has 0 bridgehead atoms. The smallest absolute Gasteiger partial charge is 0.243 e. The quantitative estimate of drug-likeness (QED) is 0.786. The first kappa shape index (κ1) is 17.8. The Morgan fingerprint density at radius 3 is 2.12 bits per heavy atom. The Kier molecular flexibility index (Phi) is 5.06. The number of hydrogen-bond donors (Lipinski definition) is 0. The van der Waals surface area contributed by atoms with Gasteiger partial charge >= 0.3 is 0 Å². The molecule has 0 aliphatic carbocycles. The summed E-state index contributed by atoms with van der Waals surface area (Å²) in [5, 5.41) is 0. The van der Waals surface area contributed by atoms with E-state index >= 15 is 0 Å². The summed E-state index contributed by atoms with van der Waals surface area (Å²) in [5.41, 5.74) is 2.78. The van der Waals surface area contributed by atoms with Crippen molar-refractivity contribution in [1.29, 1.82) is 0 Å². The van der Waals surface area contributed by atoms with E-state index in [0.717, 1.165) is 17.5 Å². The Morgan fingerprint density at radius 2 is 1.52 bits per heavy atom. The normalized spacial score (nSPS) is 18.9. The van der Waals surface area contributed by atoms with Crippen molar-refractivity contribution in [3.63, 3.8) is 0 Å². The van der Waals surface area contributed by atoms with E-state index in [1.54, 1.807) is 24.3 Å². The summed E-state index contributed by atoms with van der Waals surface area (Å²) < 4.78 is 27.2. The maximum Gasteiger partial charge on any atom is 0.243 e. The van der Waals surface area contributed by atoms with Crippen LogP contribution in [0.5, 0.6) is 0 Å². The van der Waals surface area contributed by atoms with E-state index in [0.29, 0.717) is 23.4 Å². The number of hydrogen-bond acceptors (Lipinski definition) is 3. The highest BCUT2D eigenvalue weighted by Gasteiger charge is 2.33. The molecule has 1 atom stereocenters. The van der Waals surface area contributed by atoms with Gasteiger partial charge in [0.05, 0.1) is 4.90 Å². The van der Waals surface area contributed by atoms with Crippen molar-refractivity contribution >= 4 is 15.8 Å². The summed E-state index contributed by atoms with van der Waals surface area (Å²) in [6, 6.07) is 14.3. The van der Waals surface area contributed by atoms with Crippen LogP contribution in [-0.2, 0) is 10.0 Å². The second-order valence-electron chi connectivity index (χ2n) is 6.75. The van der Waals surface area contributed by atoms with E-state index in [1.165, 1.54) is 4.31 Å². The molecule has 0 spiro atoms. The maximum atomic E-state index is 12.9. The molecular formula is C20H23NO3S. The number of nitrogens with zero attached hydrogens (tertiary/aromatic N) is 1. The van der Waals surface area contributed by atoms with Gasteiger partial charge in [0.1, 0.15) is 0 Å². The molecule has 132 valence electrons. The highest BCUT2D eigenvalue weighted by molar-refractivity contribution is 7.89. The van der Waals surface area contributed by atoms with Gasteiger partial charge in [-0.15, -0.1) is 0 Å². The molecule has 5 heteroatoms. The Hall–Kier alpha value is -1.98. The van der Waals surface area contributed by atoms with Crippen LogP contribution in [0.2, 0.25) is 0 Å². The van der Waals surface area contributed by atoms with Crippen molar-refractivity contribution < 1.29 is 13.2 Å². The Morgan fingerprint density at radius 1 is 0.960 bits per heavy atom. The third kappa shape index (κ3) is 3.83. The number of benzene rings is 2. The molecule has 1 aliphatic rings. The minimum Gasteiger partial charge on any atom is -0.294 e. The van der Waals surface area contributed by atoms with Crippen LogP contribution in [-0.4, -0.2) is 31.6 Å². The molecule has 1 unspecified atom stereocenters. The van der Waals surface area contributed by atoms with Crippen molar-refractivity contribution in [2.45, 2.75) is 31.6 Å². The monoisotopic (exact) mass is 357 g/mol. The lowest BCUT2D eigenvalue weighted by Crippen LogP contribution is -2.42. The van der Waals surface area contributed by atoms with E-state index in [4.69, 9.17) is 0 Å². The Labute approximate surface area is 149 Å². The molecule has 0 saturated carbocycles. The number of aryl methyl sites for hydroxylation is 2. The second-order valence-corrected chi connectivity index (χ2v) is 8.68. The lowest BCUT2D eigenvalue weighted by atomic mass is 9.91. The van der Waals surface area contributed by atoms with Crippen LogP contribution < -0.4 is 0 Å². The third-order valence-electron chi connectivity index (χ3n) is 4.75. The molecule has 0 N–H and O–H groups in total. The molecule has 4 nitrogen and oxygen atoms in total. The molecule has 1 aliphatic heterocycles. The first-order valence-electron chi connectivity index (χ1n) is 8.55. The predicted molar refractivity (Wildman–Crippen MR) is 98.2 cm³/mol. The van der Waals surface area contributed by atoms with Crippen molar-refractivity contribution in [1.82, 2.24) is 4.31 Å². The van der Waals surface area contributed by atoms with E-state index in [9.17, 15) is 13.2 Å². The highest BCUT2D eigenvalue weighted by Crippen LogP contribution is 2.26. The van der Waals surface area contributed by atoms with Gasteiger partial charge in [-0.3, -0.25) is 4.79 Å². The molecule has 2 aromatic rings. The largest absolute Gasteiger partial charge is 0.294 e. The summed E-state index contributed by atoms with van der Waals surface area (Å²) in [6.07, 6.45) is 1.43. The summed E-state index contributed by atoms with van der Waals surface area (Å²) in [6.45, 7) is 4.62. The summed E-state index contributed by atoms with van der Waals surface area (Å²) in [4.78, 5) is 13.0. The molecule has 0 amide bonds. The first-order chi connectivity index (χ1) is 11.9. The standard InChI is InChI=1S/C20H23NO3S/c1-15-5-9-17(10-6-15)20(22)18-4-3-13-21(14-18)25(23,24)19-11-7-16(2)8-12-19/h5-12,18H,3-4,13-14H2,1-2H3. The van der Waals surface area contributed by atoms with E-state index < -0.39 is 10.0 Å². The van der Waals surface area contributed by atoms with Crippen molar-refractivity contribution in [3.8, 4) is 0 Å². The van der Waals surface area contributed by atoms with Crippen LogP contribution in [0.1, 0.15) is 34.3 Å². The van der Waals surface area contributed by atoms with Crippen LogP contribution in [0, 0.1) is 19.8 Å². The minimum absolute atomic E-state index is 0.0313. The zero-order chi connectivity index (χ0) is 18.0. The number of ketones is 1. The molecule has 1 heterocycles. The summed E-state index contributed by atoms with van der Waals surface area (Å²) in [5.74, 6) is -0.250. The van der Waals surface area contributed by atoms with Gasteiger partial charge in [-0.25, -0.2) is 8.42 Å². The van der Waals surface area contributed by atoms with Gasteiger partial charge in [-0.2, -0.15) is 4.31 Å². The van der Waals surface area contributed by atoms with E-state index in [-0.39, 0.29) is 18.2 Å². The van der Waals surface area contributed by atoms with Crippen molar-refractivity contribution in [2.75, 3.05) is 13.1 Å². The van der Waals surface area contributed by atoms with Gasteiger partial charge in [-0.1, -0.05) is 47.5 Å². The number of piperidine rings is 1. The Bertz CT molecular complexity index is 855. The van der Waals surface area contributed by atoms with Gasteiger partial charge in [0, 0.05) is 24.6 Å². The van der Waals surface area contributed by atoms with Gasteiger partial charge in [0.2, 0.25) is 10.0 Å². The number of rotatable bonds is 4. The molecule has 2 aromatic carbocycles. The van der Waals surface area contributed by atoms with Crippen LogP contribution >= 0.6 is 0 Å². The van der Waals surface area contributed by atoms with Crippen LogP contribution in [0.3, 0.4) is 0 Å². The van der Waals surface area contributed by atoms with Gasteiger partial charge in [-0.05, 0) is 38.8 Å². The SMILES string of the molecule is Cc1ccc(C(=O)C2CCCN(S(=O)(=O)c3ccc(C)cc3)C2)cc1. The van der Waals surface area contributed by atoms with Crippen molar-refractivity contribution in [3.05, 3.63) is 65.2 Å². The number of carbonyl (C=O) groups is 1. The molecule has 25 heavy (non-hydrogen) atoms. The predicted octanol–water partition coefficient (Wildman–Crippen LogP) is 3.59. The molecule has 1 saturated heterocycles. The fourth-order valence-electron chi connectivity index (χ4n) is 3.19. The fourth-order valence-corrected chi connectivity index (χ4v) is 4.71. The molecule has 1 fully saturated rings. The average molecular weight is 357 g/mol. The molecule has 0 radical (unpaired) electrons. The first-order valence-corrected chi connectivity index (χ1v) is 9.99. The van der Waals surface area contributed by atoms with E-state index in [1.807, 2.05) is 38.1 Å². The fraction of sp³-hybridized carbons (Fsp3) is 0.350. The van der Waals surface area contributed by atoms with Crippen LogP contribution in [0.25, 0.3) is 0 Å².